The first-order chi connectivity index (χ1) is 8.83. The number of rotatable bonds is 4. The molecule has 0 aliphatic carbocycles. The molecule has 3 nitrogen and oxygen atoms in total. The van der Waals surface area contributed by atoms with Crippen LogP contribution in [0, 0.1) is 0 Å². The lowest BCUT2D eigenvalue weighted by Crippen LogP contribution is -2.48. The highest BCUT2D eigenvalue weighted by Crippen LogP contribution is 2.17. The second-order valence-corrected chi connectivity index (χ2v) is 4.58. The number of amides is 1. The smallest absolute Gasteiger partial charge is 0.244 e. The van der Waals surface area contributed by atoms with Gasteiger partial charge in [-0.15, -0.1) is 6.58 Å². The van der Waals surface area contributed by atoms with Crippen LogP contribution in [0.5, 0.6) is 0 Å². The van der Waals surface area contributed by atoms with Crippen LogP contribution >= 0.6 is 0 Å². The fourth-order valence-electron chi connectivity index (χ4n) is 2.31. The van der Waals surface area contributed by atoms with E-state index in [0.717, 1.165) is 31.5 Å². The molecule has 1 aromatic rings. The molecule has 1 aliphatic heterocycles. The highest BCUT2D eigenvalue weighted by Gasteiger charge is 2.25. The molecule has 2 rings (SSSR count). The van der Waals surface area contributed by atoms with Crippen LogP contribution in [0.2, 0.25) is 0 Å². The molecule has 1 N–H and O–H groups in total. The van der Waals surface area contributed by atoms with E-state index in [4.69, 9.17) is 0 Å². The fraction of sp³-hybridized carbons (Fsp3) is 0.400. The van der Waals surface area contributed by atoms with Crippen LogP contribution in [-0.2, 0) is 4.79 Å². The summed E-state index contributed by atoms with van der Waals surface area (Å²) in [5.74, 6) is 0.154. The molecular formula is C15H20N2O. The number of hydrogen-bond donors (Lipinski definition) is 1. The van der Waals surface area contributed by atoms with E-state index >= 15 is 0 Å². The normalized spacial score (nSPS) is 19.2. The number of carbonyl (C=O) groups excluding carboxylic acids is 1. The summed E-state index contributed by atoms with van der Waals surface area (Å²) in [5, 5.41) is 3.30. The molecular weight excluding hydrogens is 224 g/mol. The summed E-state index contributed by atoms with van der Waals surface area (Å²) < 4.78 is 0. The van der Waals surface area contributed by atoms with Crippen LogP contribution in [0.4, 0.5) is 5.69 Å². The minimum atomic E-state index is -0.0427. The van der Waals surface area contributed by atoms with E-state index in [0.29, 0.717) is 6.54 Å². The van der Waals surface area contributed by atoms with Crippen molar-refractivity contribution < 1.29 is 4.79 Å². The molecule has 18 heavy (non-hydrogen) atoms. The maximum absolute atomic E-state index is 12.5. The van der Waals surface area contributed by atoms with E-state index in [2.05, 4.69) is 11.9 Å². The van der Waals surface area contributed by atoms with E-state index in [1.807, 2.05) is 30.3 Å². The number of para-hydroxylation sites is 1. The zero-order valence-corrected chi connectivity index (χ0v) is 10.6. The number of piperidine rings is 1. The Morgan fingerprint density at radius 1 is 1.39 bits per heavy atom. The number of carbonyl (C=O) groups is 1. The topological polar surface area (TPSA) is 32.3 Å². The minimum absolute atomic E-state index is 0.0427. The molecule has 0 radical (unpaired) electrons. The molecule has 1 unspecified atom stereocenters. The van der Waals surface area contributed by atoms with E-state index in [1.165, 1.54) is 0 Å². The molecule has 1 fully saturated rings. The van der Waals surface area contributed by atoms with Gasteiger partial charge < -0.3 is 10.2 Å². The van der Waals surface area contributed by atoms with Gasteiger partial charge in [0.1, 0.15) is 0 Å². The molecule has 1 atom stereocenters. The first kappa shape index (κ1) is 12.8. The average Bonchev–Trinajstić information content (AvgIpc) is 2.46. The number of anilines is 1. The van der Waals surface area contributed by atoms with Crippen molar-refractivity contribution in [3.05, 3.63) is 43.0 Å². The zero-order valence-electron chi connectivity index (χ0n) is 10.6. The average molecular weight is 244 g/mol. The molecule has 1 amide bonds. The van der Waals surface area contributed by atoms with Crippen LogP contribution < -0.4 is 10.2 Å². The summed E-state index contributed by atoms with van der Waals surface area (Å²) in [6.07, 6.45) is 4.99. The van der Waals surface area contributed by atoms with Crippen molar-refractivity contribution in [1.29, 1.82) is 0 Å². The third-order valence-electron chi connectivity index (χ3n) is 3.25. The molecule has 3 heteroatoms. The van der Waals surface area contributed by atoms with Gasteiger partial charge in [0.2, 0.25) is 5.91 Å². The van der Waals surface area contributed by atoms with Gasteiger partial charge in [0, 0.05) is 12.2 Å². The maximum Gasteiger partial charge on any atom is 0.244 e. The Kier molecular flexibility index (Phi) is 4.53. The third kappa shape index (κ3) is 2.99. The van der Waals surface area contributed by atoms with Gasteiger partial charge in [-0.05, 0) is 31.5 Å². The van der Waals surface area contributed by atoms with Gasteiger partial charge in [-0.2, -0.15) is 0 Å². The lowest BCUT2D eigenvalue weighted by molar-refractivity contribution is -0.121. The summed E-state index contributed by atoms with van der Waals surface area (Å²) in [6, 6.07) is 9.74. The van der Waals surface area contributed by atoms with E-state index in [-0.39, 0.29) is 11.9 Å². The Morgan fingerprint density at radius 3 is 2.78 bits per heavy atom. The van der Waals surface area contributed by atoms with Crippen LogP contribution in [0.25, 0.3) is 0 Å². The summed E-state index contributed by atoms with van der Waals surface area (Å²) in [7, 11) is 0. The van der Waals surface area contributed by atoms with Gasteiger partial charge in [-0.25, -0.2) is 0 Å². The Balaban J connectivity index is 2.14. The Bertz CT molecular complexity index is 396. The van der Waals surface area contributed by atoms with Crippen LogP contribution in [0.1, 0.15) is 19.3 Å². The van der Waals surface area contributed by atoms with Gasteiger partial charge in [-0.1, -0.05) is 30.7 Å². The Hall–Kier alpha value is -1.61. The number of nitrogens with zero attached hydrogens (tertiary/aromatic N) is 1. The molecule has 1 aliphatic rings. The van der Waals surface area contributed by atoms with Gasteiger partial charge >= 0.3 is 0 Å². The molecule has 1 heterocycles. The summed E-state index contributed by atoms with van der Waals surface area (Å²) >= 11 is 0. The van der Waals surface area contributed by atoms with Crippen molar-refractivity contribution in [1.82, 2.24) is 5.32 Å². The summed E-state index contributed by atoms with van der Waals surface area (Å²) in [6.45, 7) is 5.23. The molecule has 0 saturated carbocycles. The van der Waals surface area contributed by atoms with Gasteiger partial charge in [0.05, 0.1) is 6.04 Å². The number of nitrogens with one attached hydrogen (secondary N) is 1. The van der Waals surface area contributed by atoms with Crippen molar-refractivity contribution in [2.75, 3.05) is 18.0 Å². The van der Waals surface area contributed by atoms with E-state index in [9.17, 15) is 4.79 Å². The second-order valence-electron chi connectivity index (χ2n) is 4.58. The first-order valence-electron chi connectivity index (χ1n) is 6.53. The zero-order chi connectivity index (χ0) is 12.8. The summed E-state index contributed by atoms with van der Waals surface area (Å²) in [4.78, 5) is 14.3. The lowest BCUT2D eigenvalue weighted by atomic mass is 10.0. The van der Waals surface area contributed by atoms with Crippen LogP contribution in [0.3, 0.4) is 0 Å². The summed E-state index contributed by atoms with van der Waals surface area (Å²) in [5.41, 5.74) is 0.940. The predicted molar refractivity (Wildman–Crippen MR) is 74.6 cm³/mol. The Labute approximate surface area is 108 Å². The van der Waals surface area contributed by atoms with Gasteiger partial charge in [-0.3, -0.25) is 4.79 Å². The number of hydrogen-bond acceptors (Lipinski definition) is 2. The standard InChI is InChI=1S/C15H20N2O/c1-2-12-17(13-8-4-3-5-9-13)15(18)14-10-6-7-11-16-14/h2-5,8-9,14,16H,1,6-7,10-12H2. The van der Waals surface area contributed by atoms with Crippen molar-refractivity contribution in [3.63, 3.8) is 0 Å². The van der Waals surface area contributed by atoms with Crippen molar-refractivity contribution in [2.24, 2.45) is 0 Å². The molecule has 0 spiro atoms. The minimum Gasteiger partial charge on any atom is -0.307 e. The van der Waals surface area contributed by atoms with Crippen molar-refractivity contribution >= 4 is 11.6 Å². The highest BCUT2D eigenvalue weighted by molar-refractivity contribution is 5.97. The van der Waals surface area contributed by atoms with E-state index in [1.54, 1.807) is 11.0 Å². The van der Waals surface area contributed by atoms with Crippen LogP contribution in [0.15, 0.2) is 43.0 Å². The molecule has 96 valence electrons. The third-order valence-corrected chi connectivity index (χ3v) is 3.25. The van der Waals surface area contributed by atoms with E-state index < -0.39 is 0 Å². The predicted octanol–water partition coefficient (Wildman–Crippen LogP) is 2.35. The first-order valence-corrected chi connectivity index (χ1v) is 6.53. The molecule has 0 bridgehead atoms. The SMILES string of the molecule is C=CCN(C(=O)C1CCCCN1)c1ccccc1. The van der Waals surface area contributed by atoms with Gasteiger partial charge in [0.25, 0.3) is 0 Å². The van der Waals surface area contributed by atoms with Gasteiger partial charge in [0.15, 0.2) is 0 Å². The molecule has 0 aromatic heterocycles. The fourth-order valence-corrected chi connectivity index (χ4v) is 2.31. The van der Waals surface area contributed by atoms with Crippen LogP contribution in [-0.4, -0.2) is 25.0 Å². The quantitative estimate of drug-likeness (QED) is 0.825. The lowest BCUT2D eigenvalue weighted by Gasteiger charge is -2.29. The largest absolute Gasteiger partial charge is 0.307 e. The van der Waals surface area contributed by atoms with Crippen molar-refractivity contribution in [2.45, 2.75) is 25.3 Å². The highest BCUT2D eigenvalue weighted by atomic mass is 16.2. The monoisotopic (exact) mass is 244 g/mol. The molecule has 1 aromatic carbocycles. The number of benzene rings is 1. The van der Waals surface area contributed by atoms with Crippen molar-refractivity contribution in [3.8, 4) is 0 Å². The maximum atomic E-state index is 12.5. The molecule has 1 saturated heterocycles. The Morgan fingerprint density at radius 2 is 2.17 bits per heavy atom. The second kappa shape index (κ2) is 6.36.